The molecule has 0 fully saturated rings. The average molecular weight is 483 g/mol. The van der Waals surface area contributed by atoms with Gasteiger partial charge in [0.15, 0.2) is 5.69 Å². The summed E-state index contributed by atoms with van der Waals surface area (Å²) in [7, 11) is 0. The Morgan fingerprint density at radius 3 is 1.94 bits per heavy atom. The zero-order valence-corrected chi connectivity index (χ0v) is 20.3. The number of hydrogen-bond donors (Lipinski definition) is 2. The Balaban J connectivity index is 1.73. The van der Waals surface area contributed by atoms with Crippen LogP contribution in [0.2, 0.25) is 0 Å². The molecule has 0 bridgehead atoms. The SMILES string of the molecule is CCCN(C(=O)CC(c1ccccc1)c1ccccc1)c1c(N)n(Cc2ccccc2)c(=O)[nH]c1=O. The lowest BCUT2D eigenvalue weighted by atomic mass is 9.88. The van der Waals surface area contributed by atoms with E-state index in [0.717, 1.165) is 16.7 Å². The Labute approximate surface area is 209 Å². The number of nitrogens with two attached hydrogens (primary N) is 1. The first-order chi connectivity index (χ1) is 17.5. The lowest BCUT2D eigenvalue weighted by Gasteiger charge is -2.26. The molecule has 1 aromatic heterocycles. The van der Waals surface area contributed by atoms with Crippen molar-refractivity contribution in [3.05, 3.63) is 129 Å². The van der Waals surface area contributed by atoms with Gasteiger partial charge in [-0.25, -0.2) is 4.79 Å². The van der Waals surface area contributed by atoms with Crippen LogP contribution in [0.25, 0.3) is 0 Å². The quantitative estimate of drug-likeness (QED) is 0.374. The van der Waals surface area contributed by atoms with E-state index in [9.17, 15) is 14.4 Å². The molecule has 0 aliphatic rings. The molecule has 4 rings (SSSR count). The number of carbonyl (C=O) groups excluding carboxylic acids is 1. The van der Waals surface area contributed by atoms with Crippen LogP contribution in [0.15, 0.2) is 101 Å². The van der Waals surface area contributed by atoms with Gasteiger partial charge in [-0.15, -0.1) is 0 Å². The predicted molar refractivity (Wildman–Crippen MR) is 143 cm³/mol. The van der Waals surface area contributed by atoms with Crippen molar-refractivity contribution in [1.29, 1.82) is 0 Å². The fourth-order valence-electron chi connectivity index (χ4n) is 4.43. The molecular weight excluding hydrogens is 452 g/mol. The van der Waals surface area contributed by atoms with Gasteiger partial charge in [0.25, 0.3) is 5.56 Å². The number of nitrogens with zero attached hydrogens (tertiary/aromatic N) is 2. The van der Waals surface area contributed by atoms with Gasteiger partial charge in [-0.2, -0.15) is 0 Å². The molecule has 7 nitrogen and oxygen atoms in total. The molecule has 0 atom stereocenters. The van der Waals surface area contributed by atoms with E-state index in [2.05, 4.69) is 4.98 Å². The first kappa shape index (κ1) is 24.7. The highest BCUT2D eigenvalue weighted by Crippen LogP contribution is 2.30. The van der Waals surface area contributed by atoms with Gasteiger partial charge in [0, 0.05) is 18.9 Å². The smallest absolute Gasteiger partial charge is 0.330 e. The standard InChI is InChI=1S/C29H30N4O3/c1-2-18-32(25(34)19-24(22-14-8-4-9-15-22)23-16-10-5-11-17-23)26-27(30)33(29(36)31-28(26)35)20-21-12-6-3-7-13-21/h3-17,24H,2,18-20,30H2,1H3,(H,31,35,36). The summed E-state index contributed by atoms with van der Waals surface area (Å²) in [5, 5.41) is 0. The molecule has 7 heteroatoms. The highest BCUT2D eigenvalue weighted by molar-refractivity contribution is 5.96. The first-order valence-electron chi connectivity index (χ1n) is 12.1. The van der Waals surface area contributed by atoms with Crippen LogP contribution in [0, 0.1) is 0 Å². The highest BCUT2D eigenvalue weighted by atomic mass is 16.2. The first-order valence-corrected chi connectivity index (χ1v) is 12.1. The van der Waals surface area contributed by atoms with E-state index in [0.29, 0.717) is 13.0 Å². The van der Waals surface area contributed by atoms with Crippen LogP contribution in [0.1, 0.15) is 42.4 Å². The minimum absolute atomic E-state index is 0.0113. The van der Waals surface area contributed by atoms with Crippen molar-refractivity contribution in [3.8, 4) is 0 Å². The van der Waals surface area contributed by atoms with Gasteiger partial charge >= 0.3 is 5.69 Å². The van der Waals surface area contributed by atoms with Crippen molar-refractivity contribution < 1.29 is 4.79 Å². The fourth-order valence-corrected chi connectivity index (χ4v) is 4.43. The zero-order valence-electron chi connectivity index (χ0n) is 20.3. The number of rotatable bonds is 9. The molecule has 36 heavy (non-hydrogen) atoms. The summed E-state index contributed by atoms with van der Waals surface area (Å²) < 4.78 is 1.30. The molecular formula is C29H30N4O3. The minimum Gasteiger partial charge on any atom is -0.383 e. The number of hydrogen-bond acceptors (Lipinski definition) is 4. The molecule has 0 unspecified atom stereocenters. The molecule has 0 aliphatic carbocycles. The molecule has 184 valence electrons. The van der Waals surface area contributed by atoms with Crippen molar-refractivity contribution in [2.75, 3.05) is 17.2 Å². The number of aromatic nitrogens is 2. The molecule has 0 saturated heterocycles. The molecule has 0 spiro atoms. The van der Waals surface area contributed by atoms with E-state index < -0.39 is 11.2 Å². The van der Waals surface area contributed by atoms with Crippen molar-refractivity contribution in [2.45, 2.75) is 32.2 Å². The highest BCUT2D eigenvalue weighted by Gasteiger charge is 2.27. The topological polar surface area (TPSA) is 101 Å². The molecule has 3 aromatic carbocycles. The van der Waals surface area contributed by atoms with Gasteiger partial charge < -0.3 is 10.6 Å². The van der Waals surface area contributed by atoms with Crippen molar-refractivity contribution >= 4 is 17.4 Å². The van der Waals surface area contributed by atoms with E-state index in [1.165, 1.54) is 9.47 Å². The Morgan fingerprint density at radius 1 is 0.889 bits per heavy atom. The Kier molecular flexibility index (Phi) is 7.80. The molecule has 0 saturated carbocycles. The maximum absolute atomic E-state index is 13.8. The maximum Gasteiger partial charge on any atom is 0.330 e. The van der Waals surface area contributed by atoms with E-state index in [-0.39, 0.29) is 36.3 Å². The fraction of sp³-hybridized carbons (Fsp3) is 0.207. The summed E-state index contributed by atoms with van der Waals surface area (Å²) in [6.45, 7) is 2.41. The maximum atomic E-state index is 13.8. The number of anilines is 2. The Morgan fingerprint density at radius 2 is 1.42 bits per heavy atom. The number of amides is 1. The zero-order chi connectivity index (χ0) is 25.5. The van der Waals surface area contributed by atoms with Crippen LogP contribution in [0.5, 0.6) is 0 Å². The summed E-state index contributed by atoms with van der Waals surface area (Å²) in [5.74, 6) is -0.461. The largest absolute Gasteiger partial charge is 0.383 e. The molecule has 0 aliphatic heterocycles. The third kappa shape index (κ3) is 5.46. The van der Waals surface area contributed by atoms with Gasteiger partial charge in [-0.1, -0.05) is 97.9 Å². The molecule has 4 aromatic rings. The van der Waals surface area contributed by atoms with Crippen molar-refractivity contribution in [3.63, 3.8) is 0 Å². The van der Waals surface area contributed by atoms with E-state index in [1.54, 1.807) is 0 Å². The van der Waals surface area contributed by atoms with Gasteiger partial charge in [-0.3, -0.25) is 19.1 Å². The molecule has 3 N–H and O–H groups in total. The van der Waals surface area contributed by atoms with Crippen molar-refractivity contribution in [2.24, 2.45) is 0 Å². The lowest BCUT2D eigenvalue weighted by molar-refractivity contribution is -0.118. The van der Waals surface area contributed by atoms with Crippen LogP contribution in [-0.4, -0.2) is 22.0 Å². The number of nitrogen functional groups attached to an aromatic ring is 1. The van der Waals surface area contributed by atoms with Gasteiger partial charge in [0.2, 0.25) is 5.91 Å². The second-order valence-electron chi connectivity index (χ2n) is 8.69. The number of carbonyl (C=O) groups is 1. The third-order valence-electron chi connectivity index (χ3n) is 6.20. The van der Waals surface area contributed by atoms with Crippen LogP contribution in [-0.2, 0) is 11.3 Å². The van der Waals surface area contributed by atoms with Gasteiger partial charge in [0.1, 0.15) is 5.82 Å². The predicted octanol–water partition coefficient (Wildman–Crippen LogP) is 4.13. The number of benzene rings is 3. The number of aromatic amines is 1. The van der Waals surface area contributed by atoms with Crippen LogP contribution in [0.3, 0.4) is 0 Å². The number of nitrogens with one attached hydrogen (secondary N) is 1. The summed E-state index contributed by atoms with van der Waals surface area (Å²) in [6, 6.07) is 29.0. The number of H-pyrrole nitrogens is 1. The van der Waals surface area contributed by atoms with E-state index >= 15 is 0 Å². The summed E-state index contributed by atoms with van der Waals surface area (Å²) in [6.07, 6.45) is 0.758. The summed E-state index contributed by atoms with van der Waals surface area (Å²) >= 11 is 0. The van der Waals surface area contributed by atoms with Crippen LogP contribution < -0.4 is 21.9 Å². The second-order valence-corrected chi connectivity index (χ2v) is 8.69. The summed E-state index contributed by atoms with van der Waals surface area (Å²) in [4.78, 5) is 43.2. The van der Waals surface area contributed by atoms with Crippen molar-refractivity contribution in [1.82, 2.24) is 9.55 Å². The lowest BCUT2D eigenvalue weighted by Crippen LogP contribution is -2.42. The average Bonchev–Trinajstić information content (AvgIpc) is 2.90. The Hall–Kier alpha value is -4.39. The molecule has 0 radical (unpaired) electrons. The molecule has 1 heterocycles. The third-order valence-corrected chi connectivity index (χ3v) is 6.20. The Bertz CT molecular complexity index is 1370. The minimum atomic E-state index is -0.667. The van der Waals surface area contributed by atoms with Crippen LogP contribution in [0.4, 0.5) is 11.5 Å². The second kappa shape index (κ2) is 11.4. The van der Waals surface area contributed by atoms with Crippen LogP contribution >= 0.6 is 0 Å². The molecule has 1 amide bonds. The summed E-state index contributed by atoms with van der Waals surface area (Å²) in [5.41, 5.74) is 8.00. The monoisotopic (exact) mass is 482 g/mol. The van der Waals surface area contributed by atoms with E-state index in [1.807, 2.05) is 97.9 Å². The normalized spacial score (nSPS) is 10.9. The van der Waals surface area contributed by atoms with Gasteiger partial charge in [0.05, 0.1) is 6.54 Å². The van der Waals surface area contributed by atoms with E-state index in [4.69, 9.17) is 5.73 Å². The van der Waals surface area contributed by atoms with Gasteiger partial charge in [-0.05, 0) is 23.1 Å².